The maximum absolute atomic E-state index is 12.3. The Bertz CT molecular complexity index is 849. The SMILES string of the molecule is CC(=O)N1c2ccc(N3CCOCC3)cc2C(Oc2ccc(Cl)cc2)CC1C. The third kappa shape index (κ3) is 3.82. The first-order valence-corrected chi connectivity index (χ1v) is 10.1. The normalized spacial score (nSPS) is 22.0. The molecule has 2 aromatic rings. The first kappa shape index (κ1) is 19.1. The molecule has 2 atom stereocenters. The molecule has 4 rings (SSSR count). The fourth-order valence-corrected chi connectivity index (χ4v) is 4.21. The number of amides is 1. The summed E-state index contributed by atoms with van der Waals surface area (Å²) >= 11 is 6.00. The number of fused-ring (bicyclic) bond motifs is 1. The third-order valence-corrected chi connectivity index (χ3v) is 5.67. The fraction of sp³-hybridized carbons (Fsp3) is 0.409. The van der Waals surface area contributed by atoms with Gasteiger partial charge in [-0.3, -0.25) is 4.79 Å². The molecule has 0 spiro atoms. The van der Waals surface area contributed by atoms with Crippen LogP contribution in [0.25, 0.3) is 0 Å². The molecule has 1 fully saturated rings. The van der Waals surface area contributed by atoms with E-state index in [0.717, 1.165) is 55.4 Å². The zero-order valence-electron chi connectivity index (χ0n) is 16.2. The molecule has 2 aliphatic heterocycles. The lowest BCUT2D eigenvalue weighted by molar-refractivity contribution is -0.117. The second-order valence-electron chi connectivity index (χ2n) is 7.38. The lowest BCUT2D eigenvalue weighted by atomic mass is 9.92. The topological polar surface area (TPSA) is 42.0 Å². The standard InChI is InChI=1S/C22H25ClN2O3/c1-15-13-22(28-19-6-3-17(23)4-7-19)20-14-18(24-9-11-27-12-10-24)5-8-21(20)25(15)16(2)26/h3-8,14-15,22H,9-13H2,1-2H3. The predicted molar refractivity (Wildman–Crippen MR) is 112 cm³/mol. The Balaban J connectivity index is 1.70. The predicted octanol–water partition coefficient (Wildman–Crippen LogP) is 4.44. The number of ether oxygens (including phenoxy) is 2. The lowest BCUT2D eigenvalue weighted by Crippen LogP contribution is -2.43. The Hall–Kier alpha value is -2.24. The molecular weight excluding hydrogens is 376 g/mol. The number of carbonyl (C=O) groups is 1. The minimum absolute atomic E-state index is 0.0535. The second kappa shape index (κ2) is 8.02. The van der Waals surface area contributed by atoms with Crippen LogP contribution in [0.1, 0.15) is 31.9 Å². The van der Waals surface area contributed by atoms with Crippen LogP contribution in [0.2, 0.25) is 5.02 Å². The highest BCUT2D eigenvalue weighted by Crippen LogP contribution is 2.41. The fourth-order valence-electron chi connectivity index (χ4n) is 4.09. The molecule has 1 amide bonds. The Kier molecular flexibility index (Phi) is 5.47. The van der Waals surface area contributed by atoms with E-state index in [1.165, 1.54) is 0 Å². The molecular formula is C22H25ClN2O3. The Morgan fingerprint density at radius 1 is 1.14 bits per heavy atom. The molecule has 2 aromatic carbocycles. The number of hydrogen-bond acceptors (Lipinski definition) is 4. The molecule has 1 saturated heterocycles. The summed E-state index contributed by atoms with van der Waals surface area (Å²) in [6, 6.07) is 13.8. The van der Waals surface area contributed by atoms with Gasteiger partial charge in [0, 0.05) is 48.7 Å². The molecule has 0 N–H and O–H groups in total. The molecule has 0 saturated carbocycles. The molecule has 2 unspecified atom stereocenters. The van der Waals surface area contributed by atoms with Crippen LogP contribution >= 0.6 is 11.6 Å². The third-order valence-electron chi connectivity index (χ3n) is 5.42. The van der Waals surface area contributed by atoms with Crippen molar-refractivity contribution < 1.29 is 14.3 Å². The highest BCUT2D eigenvalue weighted by Gasteiger charge is 2.34. The summed E-state index contributed by atoms with van der Waals surface area (Å²) in [5.74, 6) is 0.832. The van der Waals surface area contributed by atoms with Crippen LogP contribution in [-0.4, -0.2) is 38.3 Å². The number of nitrogens with zero attached hydrogens (tertiary/aromatic N) is 2. The molecule has 28 heavy (non-hydrogen) atoms. The first-order chi connectivity index (χ1) is 13.5. The van der Waals surface area contributed by atoms with Crippen molar-refractivity contribution in [1.82, 2.24) is 0 Å². The quantitative estimate of drug-likeness (QED) is 0.763. The summed E-state index contributed by atoms with van der Waals surface area (Å²) in [5, 5.41) is 0.683. The van der Waals surface area contributed by atoms with E-state index >= 15 is 0 Å². The van der Waals surface area contributed by atoms with Gasteiger partial charge in [0.15, 0.2) is 0 Å². The Morgan fingerprint density at radius 2 is 1.86 bits per heavy atom. The summed E-state index contributed by atoms with van der Waals surface area (Å²) in [4.78, 5) is 16.5. The van der Waals surface area contributed by atoms with Crippen molar-refractivity contribution in [3.63, 3.8) is 0 Å². The van der Waals surface area contributed by atoms with Gasteiger partial charge in [0.25, 0.3) is 0 Å². The van der Waals surface area contributed by atoms with Crippen molar-refractivity contribution in [2.24, 2.45) is 0 Å². The van der Waals surface area contributed by atoms with Gasteiger partial charge < -0.3 is 19.3 Å². The van der Waals surface area contributed by atoms with E-state index in [2.05, 4.69) is 30.0 Å². The van der Waals surface area contributed by atoms with Crippen molar-refractivity contribution in [3.05, 3.63) is 53.1 Å². The van der Waals surface area contributed by atoms with Gasteiger partial charge in [0.1, 0.15) is 11.9 Å². The molecule has 2 heterocycles. The number of benzene rings is 2. The molecule has 0 aliphatic carbocycles. The number of rotatable bonds is 3. The van der Waals surface area contributed by atoms with Crippen LogP contribution in [0, 0.1) is 0 Å². The van der Waals surface area contributed by atoms with Crippen LogP contribution in [0.4, 0.5) is 11.4 Å². The van der Waals surface area contributed by atoms with E-state index in [-0.39, 0.29) is 18.1 Å². The van der Waals surface area contributed by atoms with E-state index in [1.54, 1.807) is 6.92 Å². The summed E-state index contributed by atoms with van der Waals surface area (Å²) in [7, 11) is 0. The summed E-state index contributed by atoms with van der Waals surface area (Å²) < 4.78 is 11.8. The van der Waals surface area contributed by atoms with Gasteiger partial charge >= 0.3 is 0 Å². The second-order valence-corrected chi connectivity index (χ2v) is 7.81. The highest BCUT2D eigenvalue weighted by atomic mass is 35.5. The molecule has 0 radical (unpaired) electrons. The van der Waals surface area contributed by atoms with Crippen LogP contribution < -0.4 is 14.5 Å². The van der Waals surface area contributed by atoms with Gasteiger partial charge in [-0.1, -0.05) is 11.6 Å². The van der Waals surface area contributed by atoms with Gasteiger partial charge in [0.2, 0.25) is 5.91 Å². The number of anilines is 2. The molecule has 2 aliphatic rings. The smallest absolute Gasteiger partial charge is 0.224 e. The number of morpholine rings is 1. The average molecular weight is 401 g/mol. The van der Waals surface area contributed by atoms with Gasteiger partial charge in [0.05, 0.1) is 18.9 Å². The molecule has 0 aromatic heterocycles. The Morgan fingerprint density at radius 3 is 2.54 bits per heavy atom. The maximum Gasteiger partial charge on any atom is 0.224 e. The molecule has 6 heteroatoms. The van der Waals surface area contributed by atoms with E-state index < -0.39 is 0 Å². The lowest BCUT2D eigenvalue weighted by Gasteiger charge is -2.40. The van der Waals surface area contributed by atoms with Gasteiger partial charge in [-0.05, 0) is 49.4 Å². The largest absolute Gasteiger partial charge is 0.486 e. The van der Waals surface area contributed by atoms with Gasteiger partial charge in [-0.25, -0.2) is 0 Å². The zero-order chi connectivity index (χ0) is 19.7. The zero-order valence-corrected chi connectivity index (χ0v) is 17.0. The van der Waals surface area contributed by atoms with E-state index in [9.17, 15) is 4.79 Å². The van der Waals surface area contributed by atoms with Gasteiger partial charge in [-0.15, -0.1) is 0 Å². The van der Waals surface area contributed by atoms with Crippen molar-refractivity contribution in [2.45, 2.75) is 32.4 Å². The van der Waals surface area contributed by atoms with Crippen molar-refractivity contribution in [2.75, 3.05) is 36.1 Å². The summed E-state index contributed by atoms with van der Waals surface area (Å²) in [5.41, 5.74) is 3.12. The van der Waals surface area contributed by atoms with Crippen LogP contribution in [0.15, 0.2) is 42.5 Å². The van der Waals surface area contributed by atoms with E-state index in [1.807, 2.05) is 29.2 Å². The monoisotopic (exact) mass is 400 g/mol. The van der Waals surface area contributed by atoms with E-state index in [0.29, 0.717) is 5.02 Å². The first-order valence-electron chi connectivity index (χ1n) is 9.71. The minimum Gasteiger partial charge on any atom is -0.486 e. The summed E-state index contributed by atoms with van der Waals surface area (Å²) in [6.45, 7) is 6.90. The number of hydrogen-bond donors (Lipinski definition) is 0. The van der Waals surface area contributed by atoms with Crippen molar-refractivity contribution >= 4 is 28.9 Å². The van der Waals surface area contributed by atoms with Crippen LogP contribution in [-0.2, 0) is 9.53 Å². The maximum atomic E-state index is 12.3. The minimum atomic E-state index is -0.122. The Labute approximate surface area is 170 Å². The van der Waals surface area contributed by atoms with Gasteiger partial charge in [-0.2, -0.15) is 0 Å². The van der Waals surface area contributed by atoms with E-state index in [4.69, 9.17) is 21.1 Å². The number of halogens is 1. The highest BCUT2D eigenvalue weighted by molar-refractivity contribution is 6.30. The summed E-state index contributed by atoms with van der Waals surface area (Å²) in [6.07, 6.45) is 0.615. The number of carbonyl (C=O) groups excluding carboxylic acids is 1. The average Bonchev–Trinajstić information content (AvgIpc) is 2.70. The van der Waals surface area contributed by atoms with Crippen molar-refractivity contribution in [1.29, 1.82) is 0 Å². The molecule has 5 nitrogen and oxygen atoms in total. The van der Waals surface area contributed by atoms with Crippen LogP contribution in [0.3, 0.4) is 0 Å². The van der Waals surface area contributed by atoms with Crippen molar-refractivity contribution in [3.8, 4) is 5.75 Å². The molecule has 148 valence electrons. The van der Waals surface area contributed by atoms with Crippen LogP contribution in [0.5, 0.6) is 5.75 Å². The molecule has 0 bridgehead atoms.